The molecule has 1 amide bonds. The summed E-state index contributed by atoms with van der Waals surface area (Å²) in [4.78, 5) is 13.8. The van der Waals surface area contributed by atoms with Gasteiger partial charge in [-0.15, -0.1) is 10.2 Å². The van der Waals surface area contributed by atoms with Crippen LogP contribution in [0.25, 0.3) is 0 Å². The van der Waals surface area contributed by atoms with Crippen molar-refractivity contribution in [3.05, 3.63) is 6.33 Å². The lowest BCUT2D eigenvalue weighted by Crippen LogP contribution is -2.35. The van der Waals surface area contributed by atoms with Crippen molar-refractivity contribution in [2.75, 3.05) is 37.8 Å². The molecule has 0 aromatic carbocycles. The topological polar surface area (TPSA) is 89.1 Å². The molecule has 94 valence electrons. The maximum Gasteiger partial charge on any atom is 0.233 e. The summed E-state index contributed by atoms with van der Waals surface area (Å²) in [6, 6.07) is 0. The first-order chi connectivity index (χ1) is 8.27. The molecule has 17 heavy (non-hydrogen) atoms. The van der Waals surface area contributed by atoms with E-state index in [0.717, 1.165) is 32.6 Å². The maximum absolute atomic E-state index is 11.9. The maximum atomic E-state index is 11.9. The minimum atomic E-state index is 0.127. The van der Waals surface area contributed by atoms with Crippen LogP contribution < -0.4 is 11.2 Å². The number of carbonyl (C=O) groups is 1. The molecule has 1 aromatic heterocycles. The molecule has 1 fully saturated rings. The van der Waals surface area contributed by atoms with Crippen molar-refractivity contribution in [1.82, 2.24) is 25.1 Å². The quantitative estimate of drug-likeness (QED) is 0.527. The van der Waals surface area contributed by atoms with E-state index in [1.807, 2.05) is 4.90 Å². The lowest BCUT2D eigenvalue weighted by Gasteiger charge is -2.19. The van der Waals surface area contributed by atoms with Crippen LogP contribution in [0.1, 0.15) is 6.42 Å². The molecule has 0 aliphatic carbocycles. The Hall–Kier alpha value is -1.28. The van der Waals surface area contributed by atoms with Gasteiger partial charge in [0.25, 0.3) is 0 Å². The third-order valence-corrected chi connectivity index (χ3v) is 3.50. The minimum absolute atomic E-state index is 0.127. The molecule has 0 saturated carbocycles. The van der Waals surface area contributed by atoms with E-state index in [9.17, 15) is 4.79 Å². The Morgan fingerprint density at radius 2 is 2.41 bits per heavy atom. The molecule has 0 atom stereocenters. The number of hydrogen-bond donors (Lipinski definition) is 2. The van der Waals surface area contributed by atoms with Gasteiger partial charge in [0.15, 0.2) is 0 Å². The van der Waals surface area contributed by atoms with Gasteiger partial charge in [-0.3, -0.25) is 4.79 Å². The SMILES string of the molecule is Nn1cnnc1SCC(=O)N1CCCNCC1. The molecule has 2 heterocycles. The number of nitrogen functional groups attached to an aromatic ring is 1. The first-order valence-corrected chi connectivity index (χ1v) is 6.52. The van der Waals surface area contributed by atoms with Crippen LogP contribution in [-0.4, -0.2) is 57.6 Å². The molecule has 3 N–H and O–H groups in total. The van der Waals surface area contributed by atoms with Gasteiger partial charge in [0.05, 0.1) is 5.75 Å². The second-order valence-corrected chi connectivity index (χ2v) is 4.74. The molecule has 1 saturated heterocycles. The molecule has 0 bridgehead atoms. The van der Waals surface area contributed by atoms with E-state index in [1.54, 1.807) is 0 Å². The summed E-state index contributed by atoms with van der Waals surface area (Å²) < 4.78 is 1.32. The van der Waals surface area contributed by atoms with Crippen LogP contribution in [0.2, 0.25) is 0 Å². The van der Waals surface area contributed by atoms with E-state index in [4.69, 9.17) is 5.84 Å². The Kier molecular flexibility index (Phi) is 4.21. The van der Waals surface area contributed by atoms with Crippen LogP contribution in [0, 0.1) is 0 Å². The lowest BCUT2D eigenvalue weighted by molar-refractivity contribution is -0.128. The van der Waals surface area contributed by atoms with Crippen LogP contribution in [0.15, 0.2) is 11.5 Å². The van der Waals surface area contributed by atoms with Gasteiger partial charge < -0.3 is 16.1 Å². The summed E-state index contributed by atoms with van der Waals surface area (Å²) in [5, 5.41) is 11.3. The molecule has 1 aliphatic heterocycles. The Bertz CT molecular complexity index is 373. The number of hydrogen-bond acceptors (Lipinski definition) is 6. The van der Waals surface area contributed by atoms with Gasteiger partial charge in [0.2, 0.25) is 11.1 Å². The Labute approximate surface area is 104 Å². The zero-order valence-corrected chi connectivity index (χ0v) is 10.3. The molecule has 0 radical (unpaired) electrons. The average molecular weight is 256 g/mol. The van der Waals surface area contributed by atoms with Gasteiger partial charge in [-0.25, -0.2) is 4.68 Å². The van der Waals surface area contributed by atoms with Crippen LogP contribution in [-0.2, 0) is 4.79 Å². The first-order valence-electron chi connectivity index (χ1n) is 5.54. The van der Waals surface area contributed by atoms with Crippen LogP contribution in [0.5, 0.6) is 0 Å². The number of nitrogens with zero attached hydrogens (tertiary/aromatic N) is 4. The number of amides is 1. The molecule has 0 unspecified atom stereocenters. The Morgan fingerprint density at radius 1 is 1.53 bits per heavy atom. The number of carbonyl (C=O) groups excluding carboxylic acids is 1. The molecular weight excluding hydrogens is 240 g/mol. The summed E-state index contributed by atoms with van der Waals surface area (Å²) in [5.74, 6) is 6.05. The fourth-order valence-corrected chi connectivity index (χ4v) is 2.38. The van der Waals surface area contributed by atoms with E-state index in [1.165, 1.54) is 22.8 Å². The van der Waals surface area contributed by atoms with Crippen LogP contribution in [0.4, 0.5) is 0 Å². The van der Waals surface area contributed by atoms with Crippen LogP contribution >= 0.6 is 11.8 Å². The average Bonchev–Trinajstić information content (AvgIpc) is 2.58. The summed E-state index contributed by atoms with van der Waals surface area (Å²) >= 11 is 1.32. The minimum Gasteiger partial charge on any atom is -0.341 e. The second-order valence-electron chi connectivity index (χ2n) is 3.79. The Balaban J connectivity index is 1.82. The van der Waals surface area contributed by atoms with E-state index < -0.39 is 0 Å². The van der Waals surface area contributed by atoms with Gasteiger partial charge in [-0.05, 0) is 13.0 Å². The predicted octanol–water partition coefficient (Wildman–Crippen LogP) is -1.09. The standard InChI is InChI=1S/C9H16N6OS/c10-15-7-12-13-9(15)17-6-8(16)14-4-1-2-11-3-5-14/h7,11H,1-6,10H2. The lowest BCUT2D eigenvalue weighted by atomic mass is 10.4. The van der Waals surface area contributed by atoms with Gasteiger partial charge >= 0.3 is 0 Å². The van der Waals surface area contributed by atoms with E-state index >= 15 is 0 Å². The highest BCUT2D eigenvalue weighted by molar-refractivity contribution is 7.99. The zero-order valence-electron chi connectivity index (χ0n) is 9.50. The van der Waals surface area contributed by atoms with Gasteiger partial charge in [-0.1, -0.05) is 11.8 Å². The van der Waals surface area contributed by atoms with Crippen molar-refractivity contribution in [2.45, 2.75) is 11.6 Å². The molecule has 8 heteroatoms. The normalized spacial score (nSPS) is 16.8. The highest BCUT2D eigenvalue weighted by Crippen LogP contribution is 2.13. The molecule has 7 nitrogen and oxygen atoms in total. The third kappa shape index (κ3) is 3.34. The van der Waals surface area contributed by atoms with Crippen molar-refractivity contribution < 1.29 is 4.79 Å². The molecule has 1 aliphatic rings. The number of nitrogens with one attached hydrogen (secondary N) is 1. The van der Waals surface area contributed by atoms with Crippen molar-refractivity contribution >= 4 is 17.7 Å². The van der Waals surface area contributed by atoms with Gasteiger partial charge in [0, 0.05) is 19.6 Å². The monoisotopic (exact) mass is 256 g/mol. The van der Waals surface area contributed by atoms with Gasteiger partial charge in [-0.2, -0.15) is 0 Å². The molecule has 0 spiro atoms. The number of aromatic nitrogens is 3. The van der Waals surface area contributed by atoms with E-state index in [0.29, 0.717) is 10.9 Å². The van der Waals surface area contributed by atoms with Crippen molar-refractivity contribution in [3.63, 3.8) is 0 Å². The molecular formula is C9H16N6OS. The highest BCUT2D eigenvalue weighted by Gasteiger charge is 2.16. The fourth-order valence-electron chi connectivity index (χ4n) is 1.65. The largest absolute Gasteiger partial charge is 0.341 e. The Morgan fingerprint density at radius 3 is 3.18 bits per heavy atom. The third-order valence-electron chi connectivity index (χ3n) is 2.56. The molecule has 1 aromatic rings. The second kappa shape index (κ2) is 5.87. The zero-order chi connectivity index (χ0) is 12.1. The smallest absolute Gasteiger partial charge is 0.233 e. The van der Waals surface area contributed by atoms with E-state index in [-0.39, 0.29) is 5.91 Å². The highest BCUT2D eigenvalue weighted by atomic mass is 32.2. The van der Waals surface area contributed by atoms with Crippen LogP contribution in [0.3, 0.4) is 0 Å². The number of rotatable bonds is 3. The number of nitrogens with two attached hydrogens (primary N) is 1. The van der Waals surface area contributed by atoms with Crippen molar-refractivity contribution in [2.24, 2.45) is 0 Å². The summed E-state index contributed by atoms with van der Waals surface area (Å²) in [6.45, 7) is 3.44. The predicted molar refractivity (Wildman–Crippen MR) is 65.0 cm³/mol. The fraction of sp³-hybridized carbons (Fsp3) is 0.667. The van der Waals surface area contributed by atoms with Crippen molar-refractivity contribution in [1.29, 1.82) is 0 Å². The summed E-state index contributed by atoms with van der Waals surface area (Å²) in [6.07, 6.45) is 2.42. The molecule has 2 rings (SSSR count). The van der Waals surface area contributed by atoms with Crippen molar-refractivity contribution in [3.8, 4) is 0 Å². The summed E-state index contributed by atoms with van der Waals surface area (Å²) in [7, 11) is 0. The van der Waals surface area contributed by atoms with E-state index in [2.05, 4.69) is 15.5 Å². The first kappa shape index (κ1) is 12.2. The van der Waals surface area contributed by atoms with Gasteiger partial charge in [0.1, 0.15) is 6.33 Å². The summed E-state index contributed by atoms with van der Waals surface area (Å²) in [5.41, 5.74) is 0. The number of thioether (sulfide) groups is 1.